The first-order chi connectivity index (χ1) is 11.8. The summed E-state index contributed by atoms with van der Waals surface area (Å²) in [6.07, 6.45) is 8.61. The molecule has 0 bridgehead atoms. The maximum atomic E-state index is 6.18. The fourth-order valence-corrected chi connectivity index (χ4v) is 3.67. The van der Waals surface area contributed by atoms with Gasteiger partial charge in [-0.3, -0.25) is 0 Å². The van der Waals surface area contributed by atoms with E-state index in [0.717, 1.165) is 38.0 Å². The smallest absolute Gasteiger partial charge is 0.115 e. The van der Waals surface area contributed by atoms with E-state index in [2.05, 4.69) is 27.0 Å². The van der Waals surface area contributed by atoms with Crippen LogP contribution in [0.4, 0.5) is 5.69 Å². The van der Waals surface area contributed by atoms with Crippen LogP contribution in [0.25, 0.3) is 0 Å². The Morgan fingerprint density at radius 3 is 2.62 bits per heavy atom. The molecule has 2 fully saturated rings. The summed E-state index contributed by atoms with van der Waals surface area (Å²) in [5.74, 6) is 0. The van der Waals surface area contributed by atoms with Crippen molar-refractivity contribution in [2.24, 2.45) is 0 Å². The monoisotopic (exact) mass is 325 g/mol. The molecule has 0 aliphatic carbocycles. The number of benzene rings is 1. The molecule has 1 spiro atoms. The van der Waals surface area contributed by atoms with Crippen molar-refractivity contribution >= 4 is 5.69 Å². The predicted octanol–water partition coefficient (Wildman–Crippen LogP) is 2.82. The van der Waals surface area contributed by atoms with Crippen molar-refractivity contribution in [2.45, 2.75) is 37.6 Å². The van der Waals surface area contributed by atoms with Gasteiger partial charge in [0.1, 0.15) is 6.33 Å². The van der Waals surface area contributed by atoms with E-state index in [-0.39, 0.29) is 11.7 Å². The first kappa shape index (κ1) is 15.5. The molecule has 24 heavy (non-hydrogen) atoms. The van der Waals surface area contributed by atoms with Gasteiger partial charge in [0.15, 0.2) is 0 Å². The lowest BCUT2D eigenvalue weighted by Gasteiger charge is -2.39. The number of aromatic nitrogens is 2. The SMILES string of the molecule is c1ccc(CO[C@H]2COC3(CCN(c4cncnc4)CC3)C2)cc1. The minimum Gasteiger partial charge on any atom is -0.372 e. The van der Waals surface area contributed by atoms with Gasteiger partial charge in [0.2, 0.25) is 0 Å². The molecular weight excluding hydrogens is 302 g/mol. The summed E-state index contributed by atoms with van der Waals surface area (Å²) in [5.41, 5.74) is 2.31. The zero-order chi connectivity index (χ0) is 16.2. The Bertz CT molecular complexity index is 642. The number of anilines is 1. The summed E-state index contributed by atoms with van der Waals surface area (Å²) in [6, 6.07) is 10.3. The van der Waals surface area contributed by atoms with Gasteiger partial charge in [-0.1, -0.05) is 30.3 Å². The third kappa shape index (κ3) is 3.42. The zero-order valence-electron chi connectivity index (χ0n) is 13.8. The number of piperidine rings is 1. The maximum Gasteiger partial charge on any atom is 0.115 e. The van der Waals surface area contributed by atoms with Gasteiger partial charge in [-0.25, -0.2) is 9.97 Å². The molecule has 2 aromatic rings. The lowest BCUT2D eigenvalue weighted by molar-refractivity contribution is -0.0203. The average molecular weight is 325 g/mol. The van der Waals surface area contributed by atoms with Gasteiger partial charge >= 0.3 is 0 Å². The molecule has 1 atom stereocenters. The van der Waals surface area contributed by atoms with Gasteiger partial charge < -0.3 is 14.4 Å². The summed E-state index contributed by atoms with van der Waals surface area (Å²) < 4.78 is 12.3. The topological polar surface area (TPSA) is 47.5 Å². The number of ether oxygens (including phenoxy) is 2. The van der Waals surface area contributed by atoms with Gasteiger partial charge in [-0.2, -0.15) is 0 Å². The van der Waals surface area contributed by atoms with Gasteiger partial charge in [-0.15, -0.1) is 0 Å². The molecule has 0 saturated carbocycles. The first-order valence-corrected chi connectivity index (χ1v) is 8.62. The van der Waals surface area contributed by atoms with Crippen molar-refractivity contribution in [1.29, 1.82) is 0 Å². The van der Waals surface area contributed by atoms with E-state index in [9.17, 15) is 0 Å². The molecule has 3 heterocycles. The van der Waals surface area contributed by atoms with Gasteiger partial charge in [-0.05, 0) is 18.4 Å². The Balaban J connectivity index is 1.29. The van der Waals surface area contributed by atoms with Gasteiger partial charge in [0.05, 0.1) is 43.0 Å². The largest absolute Gasteiger partial charge is 0.372 e. The third-order valence-electron chi connectivity index (χ3n) is 5.09. The molecule has 0 unspecified atom stereocenters. The van der Waals surface area contributed by atoms with Crippen LogP contribution >= 0.6 is 0 Å². The molecule has 5 heteroatoms. The summed E-state index contributed by atoms with van der Waals surface area (Å²) in [6.45, 7) is 3.34. The lowest BCUT2D eigenvalue weighted by atomic mass is 9.88. The van der Waals surface area contributed by atoms with Crippen LogP contribution in [0.3, 0.4) is 0 Å². The Labute approximate surface area is 142 Å². The predicted molar refractivity (Wildman–Crippen MR) is 91.8 cm³/mol. The van der Waals surface area contributed by atoms with E-state index < -0.39 is 0 Å². The van der Waals surface area contributed by atoms with Gasteiger partial charge in [0.25, 0.3) is 0 Å². The molecule has 126 valence electrons. The minimum atomic E-state index is -0.00646. The van der Waals surface area contributed by atoms with E-state index >= 15 is 0 Å². The normalized spacial score (nSPS) is 22.8. The zero-order valence-corrected chi connectivity index (χ0v) is 13.8. The van der Waals surface area contributed by atoms with Crippen LogP contribution in [-0.2, 0) is 16.1 Å². The minimum absolute atomic E-state index is 0.00646. The summed E-state index contributed by atoms with van der Waals surface area (Å²) >= 11 is 0. The average Bonchev–Trinajstić information content (AvgIpc) is 3.05. The van der Waals surface area contributed by atoms with E-state index in [1.807, 2.05) is 30.6 Å². The molecule has 1 aromatic carbocycles. The molecule has 2 aliphatic heterocycles. The molecule has 5 nitrogen and oxygen atoms in total. The van der Waals surface area contributed by atoms with Crippen LogP contribution < -0.4 is 4.90 Å². The highest BCUT2D eigenvalue weighted by Crippen LogP contribution is 2.38. The number of hydrogen-bond acceptors (Lipinski definition) is 5. The van der Waals surface area contributed by atoms with Crippen LogP contribution in [0.15, 0.2) is 49.1 Å². The number of rotatable bonds is 4. The Hall–Kier alpha value is -1.98. The van der Waals surface area contributed by atoms with Crippen LogP contribution in [0.5, 0.6) is 0 Å². The number of nitrogens with zero attached hydrogens (tertiary/aromatic N) is 3. The second-order valence-corrected chi connectivity index (χ2v) is 6.70. The highest BCUT2D eigenvalue weighted by atomic mass is 16.6. The highest BCUT2D eigenvalue weighted by molar-refractivity contribution is 5.42. The molecule has 1 aromatic heterocycles. The van der Waals surface area contributed by atoms with Gasteiger partial charge in [0, 0.05) is 19.5 Å². The summed E-state index contributed by atoms with van der Waals surface area (Å²) in [7, 11) is 0. The van der Waals surface area contributed by atoms with Crippen LogP contribution in [0.1, 0.15) is 24.8 Å². The fourth-order valence-electron chi connectivity index (χ4n) is 3.67. The summed E-state index contributed by atoms with van der Waals surface area (Å²) in [5, 5.41) is 0. The van der Waals surface area contributed by atoms with Crippen molar-refractivity contribution in [1.82, 2.24) is 9.97 Å². The fraction of sp³-hybridized carbons (Fsp3) is 0.474. The first-order valence-electron chi connectivity index (χ1n) is 8.62. The van der Waals surface area contributed by atoms with Crippen molar-refractivity contribution in [3.8, 4) is 0 Å². The third-order valence-corrected chi connectivity index (χ3v) is 5.09. The Kier molecular flexibility index (Phi) is 4.45. The van der Waals surface area contributed by atoms with Crippen molar-refractivity contribution in [2.75, 3.05) is 24.6 Å². The Morgan fingerprint density at radius 1 is 1.12 bits per heavy atom. The second-order valence-electron chi connectivity index (χ2n) is 6.70. The molecular formula is C19H23N3O2. The molecule has 2 saturated heterocycles. The van der Waals surface area contributed by atoms with E-state index in [1.54, 1.807) is 6.33 Å². The van der Waals surface area contributed by atoms with Crippen molar-refractivity contribution in [3.05, 3.63) is 54.6 Å². The molecule has 4 rings (SSSR count). The van der Waals surface area contributed by atoms with Crippen LogP contribution in [-0.4, -0.2) is 41.4 Å². The van der Waals surface area contributed by atoms with Crippen LogP contribution in [0, 0.1) is 0 Å². The summed E-state index contributed by atoms with van der Waals surface area (Å²) in [4.78, 5) is 10.6. The number of hydrogen-bond donors (Lipinski definition) is 0. The molecule has 2 aliphatic rings. The molecule has 0 radical (unpaired) electrons. The standard InChI is InChI=1S/C19H23N3O2/c1-2-4-16(5-3-1)13-23-18-10-19(24-14-18)6-8-22(9-7-19)17-11-20-15-21-12-17/h1-5,11-12,15,18H,6-10,13-14H2/t18-/m1/s1. The van der Waals surface area contributed by atoms with Crippen molar-refractivity contribution < 1.29 is 9.47 Å². The molecule has 0 amide bonds. The quantitative estimate of drug-likeness (QED) is 0.865. The second kappa shape index (κ2) is 6.87. The van der Waals surface area contributed by atoms with E-state index in [1.165, 1.54) is 5.56 Å². The highest BCUT2D eigenvalue weighted by Gasteiger charge is 2.43. The Morgan fingerprint density at radius 2 is 1.88 bits per heavy atom. The van der Waals surface area contributed by atoms with Crippen molar-refractivity contribution in [3.63, 3.8) is 0 Å². The lowest BCUT2D eigenvalue weighted by Crippen LogP contribution is -2.44. The van der Waals surface area contributed by atoms with Crippen LogP contribution in [0.2, 0.25) is 0 Å². The molecule has 0 N–H and O–H groups in total. The maximum absolute atomic E-state index is 6.18. The van der Waals surface area contributed by atoms with E-state index in [0.29, 0.717) is 13.2 Å². The van der Waals surface area contributed by atoms with E-state index in [4.69, 9.17) is 9.47 Å².